The lowest BCUT2D eigenvalue weighted by Crippen LogP contribution is -2.16. The van der Waals surface area contributed by atoms with Crippen LogP contribution in [0, 0.1) is 26.6 Å². The van der Waals surface area contributed by atoms with Crippen LogP contribution in [0.5, 0.6) is 0 Å². The second-order valence-corrected chi connectivity index (χ2v) is 7.29. The molecule has 158 valence electrons. The van der Waals surface area contributed by atoms with E-state index in [2.05, 4.69) is 20.6 Å². The number of rotatable bonds is 5. The molecular weight excluding hydrogens is 399 g/mol. The van der Waals surface area contributed by atoms with Gasteiger partial charge in [-0.05, 0) is 50.6 Å². The number of aryl methyl sites for hydroxylation is 3. The average Bonchev–Trinajstić information content (AvgIpc) is 3.28. The Kier molecular flexibility index (Phi) is 5.24. The van der Waals surface area contributed by atoms with Crippen LogP contribution in [0.4, 0.5) is 15.9 Å². The number of amides is 1. The molecule has 0 bridgehead atoms. The van der Waals surface area contributed by atoms with Crippen LogP contribution in [0.25, 0.3) is 11.5 Å². The summed E-state index contributed by atoms with van der Waals surface area (Å²) in [4.78, 5) is 17.1. The molecule has 3 N–H and O–H groups in total. The van der Waals surface area contributed by atoms with Crippen LogP contribution >= 0.6 is 0 Å². The number of nitrogens with two attached hydrogens (primary N) is 1. The first-order chi connectivity index (χ1) is 14.8. The third-order valence-electron chi connectivity index (χ3n) is 4.89. The first kappa shape index (κ1) is 20.3. The fraction of sp³-hybridized carbons (Fsp3) is 0.182. The molecule has 8 nitrogen and oxygen atoms in total. The van der Waals surface area contributed by atoms with E-state index in [1.54, 1.807) is 19.9 Å². The van der Waals surface area contributed by atoms with E-state index >= 15 is 0 Å². The summed E-state index contributed by atoms with van der Waals surface area (Å²) in [7, 11) is 0. The Morgan fingerprint density at radius 1 is 1.19 bits per heavy atom. The van der Waals surface area contributed by atoms with Crippen LogP contribution in [-0.4, -0.2) is 25.9 Å². The number of halogens is 1. The van der Waals surface area contributed by atoms with Gasteiger partial charge in [-0.1, -0.05) is 29.0 Å². The highest BCUT2D eigenvalue weighted by Gasteiger charge is 2.20. The number of carbonyl (C=O) groups is 1. The Hall–Kier alpha value is -4.01. The molecule has 4 aromatic rings. The molecule has 1 amide bonds. The summed E-state index contributed by atoms with van der Waals surface area (Å²) in [5, 5.41) is 10.5. The number of benzene rings is 2. The second kappa shape index (κ2) is 8.02. The normalized spacial score (nSPS) is 11.0. The predicted octanol–water partition coefficient (Wildman–Crippen LogP) is 3.88. The lowest BCUT2D eigenvalue weighted by atomic mass is 10.1. The first-order valence-electron chi connectivity index (χ1n) is 9.61. The quantitative estimate of drug-likeness (QED) is 0.507. The minimum absolute atomic E-state index is 0.0521. The van der Waals surface area contributed by atoms with Crippen molar-refractivity contribution in [3.05, 3.63) is 76.6 Å². The fourth-order valence-corrected chi connectivity index (χ4v) is 3.13. The van der Waals surface area contributed by atoms with Crippen LogP contribution in [-0.2, 0) is 6.54 Å². The average molecular weight is 420 g/mol. The zero-order valence-electron chi connectivity index (χ0n) is 17.3. The van der Waals surface area contributed by atoms with E-state index in [1.165, 1.54) is 16.8 Å². The van der Waals surface area contributed by atoms with Gasteiger partial charge in [-0.3, -0.25) is 4.79 Å². The highest BCUT2D eigenvalue weighted by molar-refractivity contribution is 6.06. The highest BCUT2D eigenvalue weighted by atomic mass is 19.1. The Morgan fingerprint density at radius 3 is 2.77 bits per heavy atom. The second-order valence-electron chi connectivity index (χ2n) is 7.29. The number of oxazole rings is 1. The van der Waals surface area contributed by atoms with E-state index in [4.69, 9.17) is 10.2 Å². The minimum Gasteiger partial charge on any atom is -0.441 e. The molecular formula is C22H21FN6O2. The van der Waals surface area contributed by atoms with Crippen molar-refractivity contribution in [1.29, 1.82) is 0 Å². The Balaban J connectivity index is 1.55. The molecule has 0 radical (unpaired) electrons. The molecule has 0 atom stereocenters. The third-order valence-corrected chi connectivity index (χ3v) is 4.89. The highest BCUT2D eigenvalue weighted by Crippen LogP contribution is 2.24. The number of hydrogen-bond donors (Lipinski definition) is 2. The summed E-state index contributed by atoms with van der Waals surface area (Å²) >= 11 is 0. The lowest BCUT2D eigenvalue weighted by Gasteiger charge is -2.07. The Labute approximate surface area is 177 Å². The number of aromatic nitrogens is 4. The number of anilines is 2. The van der Waals surface area contributed by atoms with Gasteiger partial charge in [0, 0.05) is 11.3 Å². The van der Waals surface area contributed by atoms with Crippen molar-refractivity contribution in [2.45, 2.75) is 27.3 Å². The van der Waals surface area contributed by atoms with Gasteiger partial charge in [-0.25, -0.2) is 14.1 Å². The van der Waals surface area contributed by atoms with Crippen LogP contribution in [0.2, 0.25) is 0 Å². The standard InChI is InChI=1S/C22H21FN6O2/c1-12-5-4-6-15(9-12)22-26-18(14(3)31-22)11-29-20(24)19(27-28-29)21(30)25-17-10-16(23)8-7-13(17)2/h4-10H,11,24H2,1-3H3,(H,25,30). The van der Waals surface area contributed by atoms with Crippen molar-refractivity contribution < 1.29 is 13.6 Å². The molecule has 0 fully saturated rings. The molecule has 2 heterocycles. The van der Waals surface area contributed by atoms with E-state index in [1.807, 2.05) is 31.2 Å². The molecule has 0 aliphatic rings. The first-order valence-corrected chi connectivity index (χ1v) is 9.61. The van der Waals surface area contributed by atoms with Gasteiger partial charge in [0.25, 0.3) is 5.91 Å². The molecule has 4 rings (SSSR count). The van der Waals surface area contributed by atoms with Gasteiger partial charge < -0.3 is 15.5 Å². The summed E-state index contributed by atoms with van der Waals surface area (Å²) in [5.41, 5.74) is 9.70. The molecule has 31 heavy (non-hydrogen) atoms. The molecule has 9 heteroatoms. The largest absolute Gasteiger partial charge is 0.441 e. The van der Waals surface area contributed by atoms with E-state index < -0.39 is 11.7 Å². The van der Waals surface area contributed by atoms with Crippen molar-refractivity contribution in [3.8, 4) is 11.5 Å². The summed E-state index contributed by atoms with van der Waals surface area (Å²) in [5.74, 6) is 0.159. The molecule has 0 saturated heterocycles. The van der Waals surface area contributed by atoms with Gasteiger partial charge in [0.15, 0.2) is 11.5 Å². The topological polar surface area (TPSA) is 112 Å². The molecule has 0 saturated carbocycles. The van der Waals surface area contributed by atoms with Gasteiger partial charge in [-0.2, -0.15) is 0 Å². The smallest absolute Gasteiger partial charge is 0.280 e. The zero-order valence-corrected chi connectivity index (χ0v) is 17.3. The van der Waals surface area contributed by atoms with E-state index in [0.717, 1.165) is 11.1 Å². The van der Waals surface area contributed by atoms with Crippen LogP contribution < -0.4 is 11.1 Å². The third kappa shape index (κ3) is 4.16. The van der Waals surface area contributed by atoms with Crippen molar-refractivity contribution in [2.75, 3.05) is 11.1 Å². The zero-order chi connectivity index (χ0) is 22.1. The molecule has 0 unspecified atom stereocenters. The van der Waals surface area contributed by atoms with E-state index in [9.17, 15) is 9.18 Å². The van der Waals surface area contributed by atoms with Gasteiger partial charge in [0.2, 0.25) is 5.89 Å². The van der Waals surface area contributed by atoms with Crippen molar-refractivity contribution in [2.24, 2.45) is 0 Å². The maximum atomic E-state index is 13.5. The van der Waals surface area contributed by atoms with Crippen molar-refractivity contribution in [3.63, 3.8) is 0 Å². The summed E-state index contributed by atoms with van der Waals surface area (Å²) in [6.07, 6.45) is 0. The van der Waals surface area contributed by atoms with Gasteiger partial charge in [0.1, 0.15) is 17.3 Å². The number of nitrogen functional groups attached to an aromatic ring is 1. The van der Waals surface area contributed by atoms with Crippen LogP contribution in [0.3, 0.4) is 0 Å². The van der Waals surface area contributed by atoms with Crippen LogP contribution in [0.15, 0.2) is 46.9 Å². The fourth-order valence-electron chi connectivity index (χ4n) is 3.13. The molecule has 0 aliphatic carbocycles. The van der Waals surface area contributed by atoms with Gasteiger partial charge in [-0.15, -0.1) is 5.10 Å². The number of hydrogen-bond acceptors (Lipinski definition) is 6. The summed E-state index contributed by atoms with van der Waals surface area (Å²) in [6, 6.07) is 12.0. The predicted molar refractivity (Wildman–Crippen MR) is 114 cm³/mol. The molecule has 0 spiro atoms. The number of nitrogens with zero attached hydrogens (tertiary/aromatic N) is 4. The Bertz CT molecular complexity index is 1280. The summed E-state index contributed by atoms with van der Waals surface area (Å²) in [6.45, 7) is 5.74. The monoisotopic (exact) mass is 420 g/mol. The molecule has 0 aliphatic heterocycles. The number of carbonyl (C=O) groups excluding carboxylic acids is 1. The maximum Gasteiger partial charge on any atom is 0.280 e. The maximum absolute atomic E-state index is 13.5. The Morgan fingerprint density at radius 2 is 2.00 bits per heavy atom. The summed E-state index contributed by atoms with van der Waals surface area (Å²) < 4.78 is 20.7. The van der Waals surface area contributed by atoms with E-state index in [-0.39, 0.29) is 18.1 Å². The van der Waals surface area contributed by atoms with Gasteiger partial charge in [0.05, 0.1) is 6.54 Å². The number of nitrogens with one attached hydrogen (secondary N) is 1. The molecule has 2 aromatic heterocycles. The SMILES string of the molecule is Cc1cccc(-c2nc(Cn3nnc(C(=O)Nc4cc(F)ccc4C)c3N)c(C)o2)c1. The van der Waals surface area contributed by atoms with Gasteiger partial charge >= 0.3 is 0 Å². The van der Waals surface area contributed by atoms with Crippen molar-refractivity contribution >= 4 is 17.4 Å². The lowest BCUT2D eigenvalue weighted by molar-refractivity contribution is 0.102. The minimum atomic E-state index is -0.574. The van der Waals surface area contributed by atoms with Crippen LogP contribution in [0.1, 0.15) is 33.1 Å². The van der Waals surface area contributed by atoms with Crippen molar-refractivity contribution in [1.82, 2.24) is 20.0 Å². The molecule has 2 aromatic carbocycles. The van der Waals surface area contributed by atoms with E-state index in [0.29, 0.717) is 28.6 Å².